The number of aromatic nitrogens is 1. The van der Waals surface area contributed by atoms with Crippen molar-refractivity contribution in [3.8, 4) is 16.9 Å². The number of hydrogen-bond donors (Lipinski definition) is 1. The van der Waals surface area contributed by atoms with Crippen molar-refractivity contribution in [3.05, 3.63) is 59.5 Å². The van der Waals surface area contributed by atoms with E-state index < -0.39 is 27.2 Å². The second-order valence-electron chi connectivity index (χ2n) is 8.06. The van der Waals surface area contributed by atoms with Crippen molar-refractivity contribution in [2.45, 2.75) is 31.1 Å². The lowest BCUT2D eigenvalue weighted by atomic mass is 10.0. The molecule has 33 heavy (non-hydrogen) atoms. The zero-order valence-corrected chi connectivity index (χ0v) is 19.4. The lowest BCUT2D eigenvalue weighted by Crippen LogP contribution is -2.50. The molecular formula is C23H23ClFN3O4S. The number of nitrogens with two attached hydrogens (primary N) is 1. The van der Waals surface area contributed by atoms with Gasteiger partial charge in [-0.2, -0.15) is 0 Å². The van der Waals surface area contributed by atoms with E-state index in [-0.39, 0.29) is 12.5 Å². The molecule has 1 saturated heterocycles. The van der Waals surface area contributed by atoms with E-state index in [1.807, 2.05) is 6.07 Å². The van der Waals surface area contributed by atoms with Gasteiger partial charge in [0, 0.05) is 36.3 Å². The highest BCUT2D eigenvalue weighted by molar-refractivity contribution is 7.89. The van der Waals surface area contributed by atoms with Crippen LogP contribution in [0.1, 0.15) is 19.8 Å². The molecule has 0 spiro atoms. The summed E-state index contributed by atoms with van der Waals surface area (Å²) >= 11 is 6.24. The van der Waals surface area contributed by atoms with Gasteiger partial charge < -0.3 is 9.64 Å². The largest absolute Gasteiger partial charge is 0.481 e. The number of carbonyl (C=O) groups excluding carboxylic acids is 1. The maximum absolute atomic E-state index is 13.5. The Kier molecular flexibility index (Phi) is 6.56. The molecule has 10 heteroatoms. The van der Waals surface area contributed by atoms with E-state index in [1.165, 1.54) is 17.0 Å². The first-order chi connectivity index (χ1) is 15.6. The van der Waals surface area contributed by atoms with E-state index in [0.29, 0.717) is 41.2 Å². The first-order valence-electron chi connectivity index (χ1n) is 10.4. The summed E-state index contributed by atoms with van der Waals surface area (Å²) in [6.45, 7) is 2.14. The minimum Gasteiger partial charge on any atom is -0.481 e. The van der Waals surface area contributed by atoms with Crippen molar-refractivity contribution in [1.82, 2.24) is 9.88 Å². The van der Waals surface area contributed by atoms with Crippen LogP contribution in [0.5, 0.6) is 5.75 Å². The Morgan fingerprint density at radius 1 is 1.24 bits per heavy atom. The van der Waals surface area contributed by atoms with Crippen LogP contribution in [0, 0.1) is 5.82 Å². The van der Waals surface area contributed by atoms with E-state index >= 15 is 0 Å². The number of amides is 1. The maximum atomic E-state index is 13.5. The van der Waals surface area contributed by atoms with Gasteiger partial charge >= 0.3 is 0 Å². The fourth-order valence-corrected chi connectivity index (χ4v) is 5.21. The van der Waals surface area contributed by atoms with Crippen LogP contribution < -0.4 is 9.88 Å². The van der Waals surface area contributed by atoms with Gasteiger partial charge in [0.25, 0.3) is 5.91 Å². The highest BCUT2D eigenvalue weighted by atomic mass is 35.5. The van der Waals surface area contributed by atoms with Crippen molar-refractivity contribution >= 4 is 38.4 Å². The third kappa shape index (κ3) is 5.10. The molecule has 1 aliphatic rings. The summed E-state index contributed by atoms with van der Waals surface area (Å²) in [5.41, 5.74) is 2.09. The lowest BCUT2D eigenvalue weighted by Gasteiger charge is -2.33. The molecule has 1 aliphatic heterocycles. The number of benzene rings is 2. The Morgan fingerprint density at radius 3 is 2.76 bits per heavy atom. The number of likely N-dealkylation sites (tertiary alicyclic amines) is 1. The number of fused-ring (bicyclic) bond motifs is 1. The van der Waals surface area contributed by atoms with Gasteiger partial charge in [0.1, 0.15) is 11.6 Å². The van der Waals surface area contributed by atoms with Crippen molar-refractivity contribution < 1.29 is 22.3 Å². The summed E-state index contributed by atoms with van der Waals surface area (Å²) in [6.07, 6.45) is 1.80. The Bertz CT molecular complexity index is 1320. The molecule has 1 aromatic heterocycles. The number of primary sulfonamides is 1. The standard InChI is InChI=1S/C23H23ClFN3O4S/c1-14(23(29)28-10-2-3-17(13-28)33(26,30)31)32-16-5-7-20-18(8-9-27-22(20)12-16)19-6-4-15(25)11-21(19)24/h4-9,11-12,14,17H,2-3,10,13H2,1H3,(H2,26,30,31)/t14?,17-/m1/s1. The molecule has 1 amide bonds. The van der Waals surface area contributed by atoms with Gasteiger partial charge in [-0.05, 0) is 61.7 Å². The third-order valence-corrected chi connectivity index (χ3v) is 7.38. The number of halogens is 2. The smallest absolute Gasteiger partial charge is 0.263 e. The Labute approximate surface area is 196 Å². The number of nitrogens with zero attached hydrogens (tertiary/aromatic N) is 2. The molecule has 0 bridgehead atoms. The molecule has 1 fully saturated rings. The number of sulfonamides is 1. The number of pyridine rings is 1. The number of ether oxygens (including phenoxy) is 1. The molecule has 2 atom stereocenters. The zero-order valence-electron chi connectivity index (χ0n) is 17.9. The molecule has 174 valence electrons. The fourth-order valence-electron chi connectivity index (χ4n) is 4.06. The van der Waals surface area contributed by atoms with E-state index in [0.717, 1.165) is 10.9 Å². The van der Waals surface area contributed by atoms with Crippen molar-refractivity contribution in [3.63, 3.8) is 0 Å². The van der Waals surface area contributed by atoms with Crippen LogP contribution >= 0.6 is 11.6 Å². The zero-order chi connectivity index (χ0) is 23.8. The molecule has 0 saturated carbocycles. The Morgan fingerprint density at radius 2 is 2.03 bits per heavy atom. The number of rotatable bonds is 5. The van der Waals surface area contributed by atoms with Crippen LogP contribution in [0.2, 0.25) is 5.02 Å². The van der Waals surface area contributed by atoms with Gasteiger partial charge in [0.2, 0.25) is 10.0 Å². The van der Waals surface area contributed by atoms with Gasteiger partial charge in [-0.3, -0.25) is 9.78 Å². The predicted molar refractivity (Wildman–Crippen MR) is 125 cm³/mol. The van der Waals surface area contributed by atoms with E-state index in [2.05, 4.69) is 4.98 Å². The summed E-state index contributed by atoms with van der Waals surface area (Å²) in [5.74, 6) is -0.276. The SMILES string of the molecule is CC(Oc1ccc2c(-c3ccc(F)cc3Cl)ccnc2c1)C(=O)N1CCC[C@@H](S(N)(=O)=O)C1. The molecule has 2 N–H and O–H groups in total. The summed E-state index contributed by atoms with van der Waals surface area (Å²) in [7, 11) is -3.71. The minimum absolute atomic E-state index is 0.0619. The molecule has 3 aromatic rings. The van der Waals surface area contributed by atoms with Gasteiger partial charge in [-0.1, -0.05) is 11.6 Å². The quantitative estimate of drug-likeness (QED) is 0.585. The number of carbonyl (C=O) groups is 1. The average molecular weight is 492 g/mol. The van der Waals surface area contributed by atoms with Gasteiger partial charge in [-0.25, -0.2) is 17.9 Å². The highest BCUT2D eigenvalue weighted by Crippen LogP contribution is 2.34. The third-order valence-electron chi connectivity index (χ3n) is 5.75. The highest BCUT2D eigenvalue weighted by Gasteiger charge is 2.32. The summed E-state index contributed by atoms with van der Waals surface area (Å²) in [4.78, 5) is 18.7. The molecule has 4 rings (SSSR count). The monoisotopic (exact) mass is 491 g/mol. The van der Waals surface area contributed by atoms with Gasteiger partial charge in [-0.15, -0.1) is 0 Å². The second-order valence-corrected chi connectivity index (χ2v) is 10.3. The van der Waals surface area contributed by atoms with Gasteiger partial charge in [0.15, 0.2) is 6.10 Å². The van der Waals surface area contributed by atoms with Gasteiger partial charge in [0.05, 0.1) is 15.8 Å². The first-order valence-corrected chi connectivity index (χ1v) is 12.4. The fraction of sp³-hybridized carbons (Fsp3) is 0.304. The number of hydrogen-bond acceptors (Lipinski definition) is 5. The Hall–Kier alpha value is -2.75. The molecule has 2 aromatic carbocycles. The van der Waals surface area contributed by atoms with Crippen LogP contribution in [0.3, 0.4) is 0 Å². The molecule has 0 aliphatic carbocycles. The average Bonchev–Trinajstić information content (AvgIpc) is 2.77. The second kappa shape index (κ2) is 9.24. The summed E-state index contributed by atoms with van der Waals surface area (Å²) in [6, 6.07) is 11.3. The van der Waals surface area contributed by atoms with E-state index in [4.69, 9.17) is 21.5 Å². The Balaban J connectivity index is 1.54. The van der Waals surface area contributed by atoms with Crippen LogP contribution in [0.25, 0.3) is 22.0 Å². The normalized spacial score (nSPS) is 17.7. The van der Waals surface area contributed by atoms with Crippen molar-refractivity contribution in [2.75, 3.05) is 13.1 Å². The van der Waals surface area contributed by atoms with Crippen LogP contribution in [-0.4, -0.2) is 48.7 Å². The number of piperidine rings is 1. The topological polar surface area (TPSA) is 103 Å². The summed E-state index contributed by atoms with van der Waals surface area (Å²) < 4.78 is 42.7. The first kappa shape index (κ1) is 23.4. The molecular weight excluding hydrogens is 469 g/mol. The maximum Gasteiger partial charge on any atom is 0.263 e. The lowest BCUT2D eigenvalue weighted by molar-refractivity contribution is -0.138. The molecule has 2 heterocycles. The van der Waals surface area contributed by atoms with Crippen LogP contribution in [-0.2, 0) is 14.8 Å². The predicted octanol–water partition coefficient (Wildman–Crippen LogP) is 3.74. The molecule has 7 nitrogen and oxygen atoms in total. The molecule has 1 unspecified atom stereocenters. The van der Waals surface area contributed by atoms with Crippen molar-refractivity contribution in [2.24, 2.45) is 5.14 Å². The molecule has 0 radical (unpaired) electrons. The van der Waals surface area contributed by atoms with Crippen LogP contribution in [0.4, 0.5) is 4.39 Å². The van der Waals surface area contributed by atoms with E-state index in [1.54, 1.807) is 37.4 Å². The van der Waals surface area contributed by atoms with Crippen LogP contribution in [0.15, 0.2) is 48.7 Å². The van der Waals surface area contributed by atoms with Crippen molar-refractivity contribution in [1.29, 1.82) is 0 Å². The summed E-state index contributed by atoms with van der Waals surface area (Å²) in [5, 5.41) is 5.59. The van der Waals surface area contributed by atoms with E-state index in [9.17, 15) is 17.6 Å². The minimum atomic E-state index is -3.71.